The summed E-state index contributed by atoms with van der Waals surface area (Å²) in [6.45, 7) is 7.56. The van der Waals surface area contributed by atoms with Crippen molar-refractivity contribution in [2.45, 2.75) is 51.6 Å². The van der Waals surface area contributed by atoms with E-state index in [1.54, 1.807) is 5.01 Å². The molecule has 0 aliphatic carbocycles. The van der Waals surface area contributed by atoms with Crippen LogP contribution in [-0.4, -0.2) is 36.3 Å². The van der Waals surface area contributed by atoms with Gasteiger partial charge in [0.15, 0.2) is 0 Å². The Hall–Kier alpha value is -1.90. The van der Waals surface area contributed by atoms with E-state index in [4.69, 9.17) is 11.6 Å². The van der Waals surface area contributed by atoms with Crippen LogP contribution in [0, 0.1) is 0 Å². The standard InChI is InChI=1S/C16H20ClF4N3O2/c1-9(2)24(10(3)4)23-22-13-7-6-11(8-12(13)17)15(18,14(25)26-5)16(19,20)21/h6-10H,1-5H3. The molecule has 0 bridgehead atoms. The highest BCUT2D eigenvalue weighted by Gasteiger charge is 2.64. The average molecular weight is 398 g/mol. The highest BCUT2D eigenvalue weighted by molar-refractivity contribution is 6.33. The van der Waals surface area contributed by atoms with Crippen LogP contribution in [0.15, 0.2) is 28.5 Å². The first kappa shape index (κ1) is 22.1. The van der Waals surface area contributed by atoms with Crippen LogP contribution >= 0.6 is 11.6 Å². The van der Waals surface area contributed by atoms with Crippen LogP contribution < -0.4 is 0 Å². The van der Waals surface area contributed by atoms with Gasteiger partial charge >= 0.3 is 17.8 Å². The van der Waals surface area contributed by atoms with Gasteiger partial charge in [-0.1, -0.05) is 22.9 Å². The normalized spacial score (nSPS) is 14.8. The molecular formula is C16H20ClF4N3O2. The first-order valence-electron chi connectivity index (χ1n) is 7.70. The zero-order valence-electron chi connectivity index (χ0n) is 14.9. The first-order valence-corrected chi connectivity index (χ1v) is 8.08. The number of ether oxygens (including phenoxy) is 1. The predicted octanol–water partition coefficient (Wildman–Crippen LogP) is 5.36. The molecule has 10 heteroatoms. The van der Waals surface area contributed by atoms with E-state index < -0.39 is 23.4 Å². The summed E-state index contributed by atoms with van der Waals surface area (Å²) in [7, 11) is 0.666. The molecule has 1 aromatic carbocycles. The molecule has 0 saturated heterocycles. The third-order valence-corrected chi connectivity index (χ3v) is 3.82. The molecule has 1 unspecified atom stereocenters. The van der Waals surface area contributed by atoms with Crippen molar-refractivity contribution < 1.29 is 27.1 Å². The third kappa shape index (κ3) is 4.44. The summed E-state index contributed by atoms with van der Waals surface area (Å²) in [5, 5.41) is 9.29. The third-order valence-electron chi connectivity index (χ3n) is 3.52. The van der Waals surface area contributed by atoms with Gasteiger partial charge in [-0.15, -0.1) is 5.11 Å². The molecule has 0 saturated carbocycles. The number of esters is 1. The molecule has 0 N–H and O–H groups in total. The van der Waals surface area contributed by atoms with Gasteiger partial charge in [0.25, 0.3) is 0 Å². The van der Waals surface area contributed by atoms with Crippen molar-refractivity contribution in [2.24, 2.45) is 10.3 Å². The van der Waals surface area contributed by atoms with Crippen molar-refractivity contribution >= 4 is 23.3 Å². The van der Waals surface area contributed by atoms with Gasteiger partial charge in [0.2, 0.25) is 0 Å². The summed E-state index contributed by atoms with van der Waals surface area (Å²) in [6.07, 6.45) is -5.52. The lowest BCUT2D eigenvalue weighted by atomic mass is 9.95. The van der Waals surface area contributed by atoms with Crippen LogP contribution in [0.1, 0.15) is 33.3 Å². The maximum atomic E-state index is 14.5. The number of rotatable bonds is 6. The molecule has 0 fully saturated rings. The van der Waals surface area contributed by atoms with Crippen LogP contribution in [0.5, 0.6) is 0 Å². The lowest BCUT2D eigenvalue weighted by Gasteiger charge is -2.26. The van der Waals surface area contributed by atoms with E-state index in [0.29, 0.717) is 13.2 Å². The molecule has 0 amide bonds. The number of alkyl halides is 4. The number of nitrogens with zero attached hydrogens (tertiary/aromatic N) is 3. The van der Waals surface area contributed by atoms with Crippen LogP contribution in [0.25, 0.3) is 0 Å². The van der Waals surface area contributed by atoms with E-state index in [-0.39, 0.29) is 22.8 Å². The maximum Gasteiger partial charge on any atom is 0.437 e. The van der Waals surface area contributed by atoms with Crippen molar-refractivity contribution in [2.75, 3.05) is 7.11 Å². The second-order valence-electron chi connectivity index (χ2n) is 6.07. The molecule has 146 valence electrons. The average Bonchev–Trinajstić information content (AvgIpc) is 2.52. The molecule has 5 nitrogen and oxygen atoms in total. The monoisotopic (exact) mass is 397 g/mol. The second kappa shape index (κ2) is 8.20. The Balaban J connectivity index is 3.30. The van der Waals surface area contributed by atoms with Crippen molar-refractivity contribution in [1.82, 2.24) is 5.01 Å². The minimum atomic E-state index is -5.52. The lowest BCUT2D eigenvalue weighted by Crippen LogP contribution is -2.46. The zero-order chi connectivity index (χ0) is 20.3. The van der Waals surface area contributed by atoms with Gasteiger partial charge in [-0.05, 0) is 39.8 Å². The Morgan fingerprint density at radius 1 is 1.15 bits per heavy atom. The molecule has 0 aliphatic heterocycles. The number of carbonyl (C=O) groups excluding carboxylic acids is 1. The van der Waals surface area contributed by atoms with E-state index in [9.17, 15) is 22.4 Å². The number of hydrogen-bond acceptors (Lipinski definition) is 4. The molecule has 1 rings (SSSR count). The van der Waals surface area contributed by atoms with E-state index in [0.717, 1.165) is 12.1 Å². The minimum Gasteiger partial charge on any atom is -0.466 e. The van der Waals surface area contributed by atoms with E-state index in [2.05, 4.69) is 15.1 Å². The van der Waals surface area contributed by atoms with E-state index in [1.165, 1.54) is 0 Å². The quantitative estimate of drug-likeness (QED) is 0.281. The van der Waals surface area contributed by atoms with Crippen molar-refractivity contribution in [3.63, 3.8) is 0 Å². The highest BCUT2D eigenvalue weighted by Crippen LogP contribution is 2.45. The SMILES string of the molecule is COC(=O)C(F)(c1ccc(N=NN(C(C)C)C(C)C)c(Cl)c1)C(F)(F)F. The number of carbonyl (C=O) groups is 1. The van der Waals surface area contributed by atoms with Gasteiger partial charge < -0.3 is 4.74 Å². The Bertz CT molecular complexity index is 672. The molecule has 0 heterocycles. The molecule has 0 spiro atoms. The van der Waals surface area contributed by atoms with E-state index >= 15 is 0 Å². The Morgan fingerprint density at radius 3 is 2.08 bits per heavy atom. The fourth-order valence-electron chi connectivity index (χ4n) is 2.24. The van der Waals surface area contributed by atoms with Gasteiger partial charge in [0.1, 0.15) is 5.69 Å². The van der Waals surface area contributed by atoms with Gasteiger partial charge in [0.05, 0.1) is 12.1 Å². The topological polar surface area (TPSA) is 54.3 Å². The minimum absolute atomic E-state index is 0.0276. The van der Waals surface area contributed by atoms with Crippen LogP contribution in [0.3, 0.4) is 0 Å². The summed E-state index contributed by atoms with van der Waals surface area (Å²) < 4.78 is 57.9. The smallest absolute Gasteiger partial charge is 0.437 e. The van der Waals surface area contributed by atoms with E-state index in [1.807, 2.05) is 27.7 Å². The Kier molecular flexibility index (Phi) is 6.98. The van der Waals surface area contributed by atoms with Gasteiger partial charge in [-0.25, -0.2) is 9.18 Å². The van der Waals surface area contributed by atoms with Crippen LogP contribution in [0.2, 0.25) is 5.02 Å². The molecule has 1 atom stereocenters. The van der Waals surface area contributed by atoms with Crippen LogP contribution in [-0.2, 0) is 15.2 Å². The first-order chi connectivity index (χ1) is 11.9. The number of benzene rings is 1. The van der Waals surface area contributed by atoms with Crippen molar-refractivity contribution in [3.05, 3.63) is 28.8 Å². The number of hydrogen-bond donors (Lipinski definition) is 0. The summed E-state index contributed by atoms with van der Waals surface area (Å²) >= 11 is 5.92. The van der Waals surface area contributed by atoms with Crippen molar-refractivity contribution in [3.8, 4) is 0 Å². The Morgan fingerprint density at radius 2 is 1.69 bits per heavy atom. The molecule has 0 aliphatic rings. The molecule has 1 aromatic rings. The van der Waals surface area contributed by atoms with Gasteiger partial charge in [-0.3, -0.25) is 5.01 Å². The number of halogens is 5. The molecular weight excluding hydrogens is 378 g/mol. The van der Waals surface area contributed by atoms with Crippen LogP contribution in [0.4, 0.5) is 23.2 Å². The summed E-state index contributed by atoms with van der Waals surface area (Å²) in [6, 6.07) is 2.58. The van der Waals surface area contributed by atoms with Crippen molar-refractivity contribution in [1.29, 1.82) is 0 Å². The zero-order valence-corrected chi connectivity index (χ0v) is 15.7. The Labute approximate surface area is 153 Å². The molecule has 0 aromatic heterocycles. The fourth-order valence-corrected chi connectivity index (χ4v) is 2.46. The largest absolute Gasteiger partial charge is 0.466 e. The lowest BCUT2D eigenvalue weighted by molar-refractivity contribution is -0.242. The predicted molar refractivity (Wildman–Crippen MR) is 88.9 cm³/mol. The number of methoxy groups -OCH3 is 1. The summed E-state index contributed by atoms with van der Waals surface area (Å²) in [5.41, 5.74) is -5.29. The van der Waals surface area contributed by atoms with Gasteiger partial charge in [-0.2, -0.15) is 13.2 Å². The highest BCUT2D eigenvalue weighted by atomic mass is 35.5. The summed E-state index contributed by atoms with van der Waals surface area (Å²) in [5.74, 6) is -2.08. The second-order valence-corrected chi connectivity index (χ2v) is 6.48. The fraction of sp³-hybridized carbons (Fsp3) is 0.562. The maximum absolute atomic E-state index is 14.5. The summed E-state index contributed by atoms with van der Waals surface area (Å²) in [4.78, 5) is 11.4. The molecule has 26 heavy (non-hydrogen) atoms. The molecule has 0 radical (unpaired) electrons. The van der Waals surface area contributed by atoms with Gasteiger partial charge in [0, 0.05) is 17.6 Å².